The molecule has 0 atom stereocenters. The second-order valence-electron chi connectivity index (χ2n) is 3.41. The molecule has 0 saturated heterocycles. The van der Waals surface area contributed by atoms with Gasteiger partial charge in [-0.2, -0.15) is 0 Å². The lowest BCUT2D eigenvalue weighted by Gasteiger charge is -1.97. The third-order valence-corrected chi connectivity index (χ3v) is 2.88. The molecule has 1 N–H and O–H groups in total. The first kappa shape index (κ1) is 11.6. The zero-order valence-electron chi connectivity index (χ0n) is 9.40. The summed E-state index contributed by atoms with van der Waals surface area (Å²) >= 11 is 1.55. The highest BCUT2D eigenvalue weighted by atomic mass is 32.1. The van der Waals surface area contributed by atoms with Gasteiger partial charge in [-0.25, -0.2) is 4.98 Å². The number of carbonyl (C=O) groups is 1. The van der Waals surface area contributed by atoms with E-state index in [-0.39, 0.29) is 11.7 Å². The Hall–Kier alpha value is -1.88. The third kappa shape index (κ3) is 2.62. The van der Waals surface area contributed by atoms with Crippen molar-refractivity contribution in [3.63, 3.8) is 0 Å². The van der Waals surface area contributed by atoms with Crippen molar-refractivity contribution in [3.8, 4) is 11.5 Å². The van der Waals surface area contributed by atoms with Crippen molar-refractivity contribution in [3.05, 3.63) is 40.9 Å². The fourth-order valence-electron chi connectivity index (χ4n) is 1.33. The first-order valence-electron chi connectivity index (χ1n) is 5.12. The van der Waals surface area contributed by atoms with Crippen LogP contribution in [-0.4, -0.2) is 17.4 Å². The lowest BCUT2D eigenvalue weighted by molar-refractivity contribution is 0.0931. The smallest absolute Gasteiger partial charge is 0.287 e. The van der Waals surface area contributed by atoms with Gasteiger partial charge >= 0.3 is 0 Å². The van der Waals surface area contributed by atoms with E-state index in [9.17, 15) is 4.79 Å². The Morgan fingerprint density at radius 2 is 2.47 bits per heavy atom. The molecular weight excluding hydrogens is 236 g/mol. The number of thiazole rings is 1. The average Bonchev–Trinajstić information content (AvgIpc) is 2.93. The molecule has 88 valence electrons. The summed E-state index contributed by atoms with van der Waals surface area (Å²) in [6.45, 7) is 5.87. The van der Waals surface area contributed by atoms with Crippen molar-refractivity contribution >= 4 is 17.2 Å². The van der Waals surface area contributed by atoms with E-state index in [0.717, 1.165) is 10.7 Å². The number of carbonyl (C=O) groups excluding carboxylic acids is 1. The molecule has 2 rings (SSSR count). The standard InChI is InChI=1S/C12H12N2O2S/c1-3-6-13-12(15)11-5-4-10(16-11)9-7-17-8(2)14-9/h3-5,7H,1,6H2,2H3,(H,13,15). The maximum absolute atomic E-state index is 11.6. The van der Waals surface area contributed by atoms with Crippen molar-refractivity contribution in [1.82, 2.24) is 10.3 Å². The Balaban J connectivity index is 2.15. The van der Waals surface area contributed by atoms with Gasteiger partial charge in [-0.1, -0.05) is 6.08 Å². The number of furan rings is 1. The Bertz CT molecular complexity index is 542. The van der Waals surface area contributed by atoms with Crippen LogP contribution < -0.4 is 5.32 Å². The minimum absolute atomic E-state index is 0.247. The van der Waals surface area contributed by atoms with E-state index in [0.29, 0.717) is 12.3 Å². The lowest BCUT2D eigenvalue weighted by Crippen LogP contribution is -2.22. The quantitative estimate of drug-likeness (QED) is 0.846. The van der Waals surface area contributed by atoms with Crippen LogP contribution in [0.4, 0.5) is 0 Å². The van der Waals surface area contributed by atoms with E-state index in [1.165, 1.54) is 0 Å². The normalized spacial score (nSPS) is 10.2. The molecule has 17 heavy (non-hydrogen) atoms. The highest BCUT2D eigenvalue weighted by Crippen LogP contribution is 2.23. The summed E-state index contributed by atoms with van der Waals surface area (Å²) in [6, 6.07) is 3.39. The van der Waals surface area contributed by atoms with Crippen LogP contribution in [0.5, 0.6) is 0 Å². The third-order valence-electron chi connectivity index (χ3n) is 2.11. The first-order chi connectivity index (χ1) is 8.20. The van der Waals surface area contributed by atoms with Crippen molar-refractivity contribution in [2.45, 2.75) is 6.92 Å². The van der Waals surface area contributed by atoms with Gasteiger partial charge in [-0.3, -0.25) is 4.79 Å². The van der Waals surface area contributed by atoms with Crippen molar-refractivity contribution in [2.24, 2.45) is 0 Å². The summed E-state index contributed by atoms with van der Waals surface area (Å²) in [6.07, 6.45) is 1.62. The van der Waals surface area contributed by atoms with Gasteiger partial charge in [0.05, 0.1) is 5.01 Å². The molecule has 0 saturated carbocycles. The van der Waals surface area contributed by atoms with Gasteiger partial charge < -0.3 is 9.73 Å². The van der Waals surface area contributed by atoms with Gasteiger partial charge in [0.15, 0.2) is 11.5 Å². The van der Waals surface area contributed by atoms with Crippen LogP contribution in [0.3, 0.4) is 0 Å². The number of hydrogen-bond acceptors (Lipinski definition) is 4. The molecule has 1 amide bonds. The minimum Gasteiger partial charge on any atom is -0.449 e. The summed E-state index contributed by atoms with van der Waals surface area (Å²) < 4.78 is 5.44. The van der Waals surface area contributed by atoms with E-state index in [1.807, 2.05) is 12.3 Å². The molecular formula is C12H12N2O2S. The summed E-state index contributed by atoms with van der Waals surface area (Å²) in [5.74, 6) is 0.647. The highest BCUT2D eigenvalue weighted by Gasteiger charge is 2.12. The van der Waals surface area contributed by atoms with Crippen molar-refractivity contribution < 1.29 is 9.21 Å². The Labute approximate surface area is 103 Å². The molecule has 0 aliphatic heterocycles. The van der Waals surface area contributed by atoms with Gasteiger partial charge in [0, 0.05) is 11.9 Å². The Kier molecular flexibility index (Phi) is 3.39. The molecule has 4 nitrogen and oxygen atoms in total. The van der Waals surface area contributed by atoms with Crippen molar-refractivity contribution in [2.75, 3.05) is 6.54 Å². The molecule has 0 fully saturated rings. The molecule has 2 aromatic heterocycles. The predicted molar refractivity (Wildman–Crippen MR) is 67.1 cm³/mol. The van der Waals surface area contributed by atoms with Gasteiger partial charge in [0.25, 0.3) is 5.91 Å². The SMILES string of the molecule is C=CCNC(=O)c1ccc(-c2csc(C)n2)o1. The number of nitrogens with zero attached hydrogens (tertiary/aromatic N) is 1. The second kappa shape index (κ2) is 4.97. The molecule has 2 heterocycles. The zero-order valence-corrected chi connectivity index (χ0v) is 10.2. The topological polar surface area (TPSA) is 55.1 Å². The summed E-state index contributed by atoms with van der Waals surface area (Å²) in [5, 5.41) is 5.52. The highest BCUT2D eigenvalue weighted by molar-refractivity contribution is 7.09. The van der Waals surface area contributed by atoms with E-state index < -0.39 is 0 Å². The molecule has 2 aromatic rings. The maximum atomic E-state index is 11.6. The van der Waals surface area contributed by atoms with Crippen LogP contribution >= 0.6 is 11.3 Å². The Morgan fingerprint density at radius 1 is 1.65 bits per heavy atom. The van der Waals surface area contributed by atoms with Gasteiger partial charge in [-0.05, 0) is 19.1 Å². The second-order valence-corrected chi connectivity index (χ2v) is 4.48. The van der Waals surface area contributed by atoms with Crippen LogP contribution in [0, 0.1) is 6.92 Å². The predicted octanol–water partition coefficient (Wildman–Crippen LogP) is 2.63. The van der Waals surface area contributed by atoms with Crippen LogP contribution in [0.2, 0.25) is 0 Å². The maximum Gasteiger partial charge on any atom is 0.287 e. The van der Waals surface area contributed by atoms with E-state index in [2.05, 4.69) is 16.9 Å². The van der Waals surface area contributed by atoms with Gasteiger partial charge in [0.1, 0.15) is 5.69 Å². The molecule has 0 bridgehead atoms. The molecule has 0 radical (unpaired) electrons. The minimum atomic E-state index is -0.247. The van der Waals surface area contributed by atoms with Crippen LogP contribution in [-0.2, 0) is 0 Å². The van der Waals surface area contributed by atoms with Gasteiger partial charge in [-0.15, -0.1) is 17.9 Å². The van der Waals surface area contributed by atoms with Crippen LogP contribution in [0.25, 0.3) is 11.5 Å². The number of aromatic nitrogens is 1. The van der Waals surface area contributed by atoms with E-state index in [4.69, 9.17) is 4.42 Å². The number of rotatable bonds is 4. The van der Waals surface area contributed by atoms with Gasteiger partial charge in [0.2, 0.25) is 0 Å². The van der Waals surface area contributed by atoms with E-state index in [1.54, 1.807) is 29.5 Å². The summed E-state index contributed by atoms with van der Waals surface area (Å²) in [7, 11) is 0. The average molecular weight is 248 g/mol. The first-order valence-corrected chi connectivity index (χ1v) is 6.00. The largest absolute Gasteiger partial charge is 0.449 e. The molecule has 0 aliphatic rings. The monoisotopic (exact) mass is 248 g/mol. The molecule has 5 heteroatoms. The fourth-order valence-corrected chi connectivity index (χ4v) is 1.93. The fraction of sp³-hybridized carbons (Fsp3) is 0.167. The number of nitrogens with one attached hydrogen (secondary N) is 1. The zero-order chi connectivity index (χ0) is 12.3. The molecule has 0 spiro atoms. The molecule has 0 aliphatic carbocycles. The summed E-state index contributed by atoms with van der Waals surface area (Å²) in [5.41, 5.74) is 0.760. The van der Waals surface area contributed by atoms with Crippen LogP contribution in [0.1, 0.15) is 15.6 Å². The number of amides is 1. The van der Waals surface area contributed by atoms with E-state index >= 15 is 0 Å². The molecule has 0 unspecified atom stereocenters. The Morgan fingerprint density at radius 3 is 3.12 bits per heavy atom. The van der Waals surface area contributed by atoms with Crippen LogP contribution in [0.15, 0.2) is 34.6 Å². The number of aryl methyl sites for hydroxylation is 1. The lowest BCUT2D eigenvalue weighted by atomic mass is 10.3. The molecule has 0 aromatic carbocycles. The summed E-state index contributed by atoms with van der Waals surface area (Å²) in [4.78, 5) is 15.9. The van der Waals surface area contributed by atoms with Crippen molar-refractivity contribution in [1.29, 1.82) is 0 Å². The number of hydrogen-bond donors (Lipinski definition) is 1.